The molecule has 0 saturated carbocycles. The highest BCUT2D eigenvalue weighted by molar-refractivity contribution is 5.77. The number of hydrogen-bond acceptors (Lipinski definition) is 3. The Morgan fingerprint density at radius 3 is 2.85 bits per heavy atom. The smallest absolute Gasteiger partial charge is 0.192 e. The molecular weight excluding hydrogens is 259 g/mol. The Kier molecular flexibility index (Phi) is 3.21. The fourth-order valence-corrected chi connectivity index (χ4v) is 1.95. The minimum atomic E-state index is -0.301. The molecule has 0 saturated heterocycles. The summed E-state index contributed by atoms with van der Waals surface area (Å²) >= 11 is 0. The summed E-state index contributed by atoms with van der Waals surface area (Å²) in [5.74, 6) is 0.241. The lowest BCUT2D eigenvalue weighted by molar-refractivity contribution is 0.306. The zero-order valence-corrected chi connectivity index (χ0v) is 10.5. The molecule has 0 aliphatic heterocycles. The zero-order valence-electron chi connectivity index (χ0n) is 10.5. The highest BCUT2D eigenvalue weighted by atomic mass is 19.1. The molecule has 3 aromatic rings. The van der Waals surface area contributed by atoms with Gasteiger partial charge in [0.1, 0.15) is 23.8 Å². The van der Waals surface area contributed by atoms with Crippen molar-refractivity contribution in [2.75, 3.05) is 0 Å². The molecule has 20 heavy (non-hydrogen) atoms. The van der Waals surface area contributed by atoms with Crippen LogP contribution in [0, 0.1) is 5.82 Å². The molecule has 1 aromatic heterocycles. The van der Waals surface area contributed by atoms with Gasteiger partial charge in [0.05, 0.1) is 11.6 Å². The molecule has 0 aliphatic rings. The summed E-state index contributed by atoms with van der Waals surface area (Å²) in [5.41, 5.74) is 1.11. The molecule has 3 rings (SSSR count). The largest absolute Gasteiger partial charge is 0.489 e. The van der Waals surface area contributed by atoms with Crippen molar-refractivity contribution in [1.82, 2.24) is 0 Å². The van der Waals surface area contributed by atoms with Gasteiger partial charge in [0, 0.05) is 6.07 Å². The second-order valence-corrected chi connectivity index (χ2v) is 4.36. The van der Waals surface area contributed by atoms with Crippen LogP contribution in [0.4, 0.5) is 4.39 Å². The van der Waals surface area contributed by atoms with Crippen molar-refractivity contribution in [1.29, 1.82) is 0 Å². The number of ether oxygens (including phenoxy) is 1. The first-order valence-corrected chi connectivity index (χ1v) is 6.11. The zero-order chi connectivity index (χ0) is 13.9. The summed E-state index contributed by atoms with van der Waals surface area (Å²) in [6, 6.07) is 12.6. The maximum atomic E-state index is 13.0. The number of hydrogen-bond donors (Lipinski definition) is 0. The average molecular weight is 270 g/mol. The summed E-state index contributed by atoms with van der Waals surface area (Å²) < 4.78 is 23.8. The molecule has 0 unspecified atom stereocenters. The summed E-state index contributed by atoms with van der Waals surface area (Å²) in [6.45, 7) is 0.238. The molecule has 4 heteroatoms. The molecule has 0 aliphatic carbocycles. The third-order valence-electron chi connectivity index (χ3n) is 2.93. The van der Waals surface area contributed by atoms with E-state index in [9.17, 15) is 9.18 Å². The van der Waals surface area contributed by atoms with E-state index < -0.39 is 0 Å². The van der Waals surface area contributed by atoms with Crippen LogP contribution in [0.15, 0.2) is 64.0 Å². The van der Waals surface area contributed by atoms with Crippen LogP contribution in [0.3, 0.4) is 0 Å². The lowest BCUT2D eigenvalue weighted by Gasteiger charge is -2.07. The van der Waals surface area contributed by atoms with Gasteiger partial charge in [0.2, 0.25) is 0 Å². The Labute approximate surface area is 114 Å². The Balaban J connectivity index is 1.84. The van der Waals surface area contributed by atoms with Crippen molar-refractivity contribution in [3.8, 4) is 5.75 Å². The van der Waals surface area contributed by atoms with Crippen molar-refractivity contribution in [2.24, 2.45) is 0 Å². The lowest BCUT2D eigenvalue weighted by atomic mass is 10.2. The third kappa shape index (κ3) is 2.54. The van der Waals surface area contributed by atoms with Gasteiger partial charge >= 0.3 is 0 Å². The van der Waals surface area contributed by atoms with Crippen LogP contribution >= 0.6 is 0 Å². The van der Waals surface area contributed by atoms with Crippen LogP contribution in [0.2, 0.25) is 0 Å². The molecule has 100 valence electrons. The Bertz CT molecular complexity index is 808. The molecule has 2 aromatic carbocycles. The van der Waals surface area contributed by atoms with E-state index in [1.54, 1.807) is 30.3 Å². The van der Waals surface area contributed by atoms with Crippen LogP contribution in [0.5, 0.6) is 5.75 Å². The minimum Gasteiger partial charge on any atom is -0.489 e. The average Bonchev–Trinajstić information content (AvgIpc) is 2.46. The summed E-state index contributed by atoms with van der Waals surface area (Å²) in [6.07, 6.45) is 1.36. The highest BCUT2D eigenvalue weighted by Crippen LogP contribution is 2.19. The van der Waals surface area contributed by atoms with E-state index in [0.29, 0.717) is 16.7 Å². The summed E-state index contributed by atoms with van der Waals surface area (Å²) in [7, 11) is 0. The van der Waals surface area contributed by atoms with Crippen molar-refractivity contribution >= 4 is 11.0 Å². The molecule has 0 amide bonds. The predicted octanol–water partition coefficient (Wildman–Crippen LogP) is 3.51. The van der Waals surface area contributed by atoms with Crippen molar-refractivity contribution in [3.63, 3.8) is 0 Å². The van der Waals surface area contributed by atoms with Crippen LogP contribution in [-0.2, 0) is 6.61 Å². The molecular formula is C16H11FO3. The minimum absolute atomic E-state index is 0.123. The first kappa shape index (κ1) is 12.4. The third-order valence-corrected chi connectivity index (χ3v) is 2.93. The monoisotopic (exact) mass is 270 g/mol. The van der Waals surface area contributed by atoms with E-state index in [4.69, 9.17) is 9.15 Å². The van der Waals surface area contributed by atoms with Gasteiger partial charge in [0.25, 0.3) is 0 Å². The standard InChI is InChI=1S/C16H11FO3/c17-12-3-1-2-11(8-12)10-20-13-4-5-16-14(9-13)15(18)6-7-19-16/h1-9H,10H2. The van der Waals surface area contributed by atoms with Crippen LogP contribution < -0.4 is 10.2 Å². The van der Waals surface area contributed by atoms with Gasteiger partial charge in [-0.25, -0.2) is 4.39 Å². The van der Waals surface area contributed by atoms with Gasteiger partial charge < -0.3 is 9.15 Å². The van der Waals surface area contributed by atoms with Crippen LogP contribution in [0.1, 0.15) is 5.56 Å². The number of halogens is 1. The van der Waals surface area contributed by atoms with Gasteiger partial charge in [-0.2, -0.15) is 0 Å². The number of rotatable bonds is 3. The lowest BCUT2D eigenvalue weighted by Crippen LogP contribution is -2.00. The van der Waals surface area contributed by atoms with E-state index in [-0.39, 0.29) is 17.9 Å². The van der Waals surface area contributed by atoms with E-state index in [2.05, 4.69) is 0 Å². The van der Waals surface area contributed by atoms with Crippen molar-refractivity contribution < 1.29 is 13.5 Å². The van der Waals surface area contributed by atoms with E-state index in [0.717, 1.165) is 5.56 Å². The van der Waals surface area contributed by atoms with Crippen molar-refractivity contribution in [2.45, 2.75) is 6.61 Å². The predicted molar refractivity (Wildman–Crippen MR) is 73.2 cm³/mol. The van der Waals surface area contributed by atoms with Gasteiger partial charge in [-0.3, -0.25) is 4.79 Å². The Morgan fingerprint density at radius 1 is 1.10 bits per heavy atom. The highest BCUT2D eigenvalue weighted by Gasteiger charge is 2.03. The summed E-state index contributed by atoms with van der Waals surface area (Å²) in [4.78, 5) is 11.7. The Hall–Kier alpha value is -2.62. The first-order chi connectivity index (χ1) is 9.72. The fourth-order valence-electron chi connectivity index (χ4n) is 1.95. The normalized spacial score (nSPS) is 10.7. The Morgan fingerprint density at radius 2 is 2.00 bits per heavy atom. The quantitative estimate of drug-likeness (QED) is 0.731. The van der Waals surface area contributed by atoms with E-state index >= 15 is 0 Å². The molecule has 0 radical (unpaired) electrons. The molecule has 0 spiro atoms. The second kappa shape index (κ2) is 5.17. The van der Waals surface area contributed by atoms with E-state index in [1.165, 1.54) is 24.5 Å². The van der Waals surface area contributed by atoms with Crippen LogP contribution in [0.25, 0.3) is 11.0 Å². The van der Waals surface area contributed by atoms with Gasteiger partial charge in [-0.05, 0) is 35.9 Å². The summed E-state index contributed by atoms with van der Waals surface area (Å²) in [5, 5.41) is 0.462. The van der Waals surface area contributed by atoms with Crippen LogP contribution in [-0.4, -0.2) is 0 Å². The van der Waals surface area contributed by atoms with Gasteiger partial charge in [-0.15, -0.1) is 0 Å². The topological polar surface area (TPSA) is 39.4 Å². The number of fused-ring (bicyclic) bond motifs is 1. The molecule has 0 N–H and O–H groups in total. The maximum absolute atomic E-state index is 13.0. The SMILES string of the molecule is O=c1ccoc2ccc(OCc3cccc(F)c3)cc12. The second-order valence-electron chi connectivity index (χ2n) is 4.36. The van der Waals surface area contributed by atoms with Gasteiger partial charge in [0.15, 0.2) is 5.43 Å². The first-order valence-electron chi connectivity index (χ1n) is 6.11. The maximum Gasteiger partial charge on any atom is 0.192 e. The molecule has 0 fully saturated rings. The molecule has 1 heterocycles. The molecule has 3 nitrogen and oxygen atoms in total. The molecule has 0 atom stereocenters. The van der Waals surface area contributed by atoms with Crippen molar-refractivity contribution in [3.05, 3.63) is 76.4 Å². The fraction of sp³-hybridized carbons (Fsp3) is 0.0625. The van der Waals surface area contributed by atoms with Gasteiger partial charge in [-0.1, -0.05) is 12.1 Å². The number of benzene rings is 2. The molecule has 0 bridgehead atoms. The van der Waals surface area contributed by atoms with E-state index in [1.807, 2.05) is 0 Å².